The molecule has 24 heavy (non-hydrogen) atoms. The highest BCUT2D eigenvalue weighted by Crippen LogP contribution is 2.31. The van der Waals surface area contributed by atoms with E-state index in [2.05, 4.69) is 36.9 Å². The van der Waals surface area contributed by atoms with E-state index < -0.39 is 5.60 Å². The molecule has 1 aromatic rings. The van der Waals surface area contributed by atoms with Gasteiger partial charge in [0.1, 0.15) is 5.60 Å². The summed E-state index contributed by atoms with van der Waals surface area (Å²) in [6, 6.07) is 0.381. The summed E-state index contributed by atoms with van der Waals surface area (Å²) in [4.78, 5) is 18.9. The third kappa shape index (κ3) is 3.52. The number of fused-ring (bicyclic) bond motifs is 2. The van der Waals surface area contributed by atoms with Crippen molar-refractivity contribution in [3.63, 3.8) is 0 Å². The van der Waals surface area contributed by atoms with E-state index in [1.54, 1.807) is 0 Å². The summed E-state index contributed by atoms with van der Waals surface area (Å²) < 4.78 is 7.72. The Bertz CT molecular complexity index is 624. The van der Waals surface area contributed by atoms with E-state index in [-0.39, 0.29) is 11.5 Å². The summed E-state index contributed by atoms with van der Waals surface area (Å²) in [7, 11) is 0. The van der Waals surface area contributed by atoms with E-state index in [9.17, 15) is 4.79 Å². The number of nitrogens with one attached hydrogen (secondary N) is 1. The van der Waals surface area contributed by atoms with Crippen LogP contribution >= 0.6 is 0 Å². The Kier molecular flexibility index (Phi) is 4.04. The van der Waals surface area contributed by atoms with Crippen LogP contribution in [0.1, 0.15) is 53.7 Å². The zero-order chi connectivity index (χ0) is 17.7. The van der Waals surface area contributed by atoms with Crippen molar-refractivity contribution >= 4 is 12.0 Å². The van der Waals surface area contributed by atoms with Crippen LogP contribution in [0, 0.1) is 5.92 Å². The van der Waals surface area contributed by atoms with Gasteiger partial charge in [0.2, 0.25) is 5.95 Å². The minimum absolute atomic E-state index is 0.0414. The third-order valence-corrected chi connectivity index (χ3v) is 4.68. The van der Waals surface area contributed by atoms with Crippen molar-refractivity contribution in [3.8, 4) is 0 Å². The lowest BCUT2D eigenvalue weighted by molar-refractivity contribution is 0.0139. The molecule has 0 aromatic carbocycles. The molecule has 3 heterocycles. The molecular formula is C18H30N4O2. The standard InChI is InChI=1S/C18H30N4O2/c1-17(2,3)14-11-22-10-12-9-21(16(23)24-18(4,5)6)8-7-13(12)19-15(22)20-14/h11-13H,7-10H2,1-6H3,(H,19,20). The third-order valence-electron chi connectivity index (χ3n) is 4.68. The van der Waals surface area contributed by atoms with Crippen molar-refractivity contribution in [2.45, 2.75) is 71.6 Å². The molecule has 0 saturated carbocycles. The van der Waals surface area contributed by atoms with Crippen LogP contribution in [0.5, 0.6) is 0 Å². The summed E-state index contributed by atoms with van der Waals surface area (Å²) in [6.45, 7) is 14.6. The lowest BCUT2D eigenvalue weighted by Gasteiger charge is -2.42. The minimum Gasteiger partial charge on any atom is -0.444 e. The zero-order valence-electron chi connectivity index (χ0n) is 15.7. The molecular weight excluding hydrogens is 304 g/mol. The van der Waals surface area contributed by atoms with Gasteiger partial charge in [-0.1, -0.05) is 20.8 Å². The van der Waals surface area contributed by atoms with Gasteiger partial charge in [-0.05, 0) is 27.2 Å². The summed E-state index contributed by atoms with van der Waals surface area (Å²) in [5.74, 6) is 1.35. The van der Waals surface area contributed by atoms with Gasteiger partial charge in [-0.3, -0.25) is 0 Å². The first kappa shape index (κ1) is 17.1. The van der Waals surface area contributed by atoms with Gasteiger partial charge in [-0.15, -0.1) is 0 Å². The number of amides is 1. The molecule has 0 spiro atoms. The van der Waals surface area contributed by atoms with Crippen molar-refractivity contribution in [1.82, 2.24) is 14.5 Å². The Morgan fingerprint density at radius 2 is 1.96 bits per heavy atom. The molecule has 0 bridgehead atoms. The van der Waals surface area contributed by atoms with Crippen LogP contribution in [-0.4, -0.2) is 45.3 Å². The molecule has 1 fully saturated rings. The van der Waals surface area contributed by atoms with Crippen LogP contribution in [0.25, 0.3) is 0 Å². The number of rotatable bonds is 0. The number of nitrogens with zero attached hydrogens (tertiary/aromatic N) is 3. The van der Waals surface area contributed by atoms with Crippen LogP contribution in [0.15, 0.2) is 6.20 Å². The second-order valence-corrected chi connectivity index (χ2v) is 9.08. The van der Waals surface area contributed by atoms with Crippen molar-refractivity contribution < 1.29 is 9.53 Å². The van der Waals surface area contributed by atoms with Crippen LogP contribution in [0.3, 0.4) is 0 Å². The van der Waals surface area contributed by atoms with Crippen LogP contribution in [0.2, 0.25) is 0 Å². The molecule has 0 aliphatic carbocycles. The summed E-state index contributed by atoms with van der Waals surface area (Å²) in [6.07, 6.45) is 2.87. The zero-order valence-corrected chi connectivity index (χ0v) is 15.7. The van der Waals surface area contributed by atoms with E-state index in [0.717, 1.165) is 37.7 Å². The van der Waals surface area contributed by atoms with Crippen molar-refractivity contribution in [3.05, 3.63) is 11.9 Å². The molecule has 1 N–H and O–H groups in total. The highest BCUT2D eigenvalue weighted by Gasteiger charge is 2.37. The molecule has 1 amide bonds. The first-order valence-electron chi connectivity index (χ1n) is 8.85. The molecule has 0 radical (unpaired) electrons. The van der Waals surface area contributed by atoms with Crippen molar-refractivity contribution in [2.75, 3.05) is 18.4 Å². The maximum Gasteiger partial charge on any atom is 0.410 e. The van der Waals surface area contributed by atoms with Gasteiger partial charge in [0, 0.05) is 43.2 Å². The average molecular weight is 334 g/mol. The molecule has 2 aliphatic rings. The lowest BCUT2D eigenvalue weighted by Crippen LogP contribution is -2.52. The second kappa shape index (κ2) is 5.67. The smallest absolute Gasteiger partial charge is 0.410 e. The molecule has 3 rings (SSSR count). The van der Waals surface area contributed by atoms with Gasteiger partial charge in [0.25, 0.3) is 0 Å². The number of likely N-dealkylation sites (tertiary alicyclic amines) is 1. The number of aromatic nitrogens is 2. The number of hydrogen-bond donors (Lipinski definition) is 1. The quantitative estimate of drug-likeness (QED) is 0.791. The van der Waals surface area contributed by atoms with Gasteiger partial charge < -0.3 is 19.5 Å². The van der Waals surface area contributed by atoms with E-state index in [4.69, 9.17) is 9.72 Å². The van der Waals surface area contributed by atoms with E-state index in [1.807, 2.05) is 25.7 Å². The van der Waals surface area contributed by atoms with Crippen molar-refractivity contribution in [1.29, 1.82) is 0 Å². The first-order valence-corrected chi connectivity index (χ1v) is 8.85. The Labute approximate surface area is 144 Å². The predicted octanol–water partition coefficient (Wildman–Crippen LogP) is 3.23. The lowest BCUT2D eigenvalue weighted by atomic mass is 9.91. The van der Waals surface area contributed by atoms with Crippen LogP contribution in [0.4, 0.5) is 10.7 Å². The number of ether oxygens (including phenoxy) is 1. The molecule has 1 aromatic heterocycles. The number of hydrogen-bond acceptors (Lipinski definition) is 4. The van der Waals surface area contributed by atoms with E-state index in [1.165, 1.54) is 0 Å². The fourth-order valence-corrected chi connectivity index (χ4v) is 3.35. The Balaban J connectivity index is 1.70. The Morgan fingerprint density at radius 3 is 2.58 bits per heavy atom. The molecule has 6 nitrogen and oxygen atoms in total. The van der Waals surface area contributed by atoms with Crippen molar-refractivity contribution in [2.24, 2.45) is 5.92 Å². The largest absolute Gasteiger partial charge is 0.444 e. The number of imidazole rings is 1. The molecule has 134 valence electrons. The first-order chi connectivity index (χ1) is 11.0. The molecule has 1 saturated heterocycles. The topological polar surface area (TPSA) is 59.4 Å². The summed E-state index contributed by atoms with van der Waals surface area (Å²) in [5, 5.41) is 3.57. The van der Waals surface area contributed by atoms with Crippen LogP contribution < -0.4 is 5.32 Å². The fourth-order valence-electron chi connectivity index (χ4n) is 3.35. The molecule has 2 atom stereocenters. The van der Waals surface area contributed by atoms with Gasteiger partial charge in [0.15, 0.2) is 0 Å². The predicted molar refractivity (Wildman–Crippen MR) is 94.3 cm³/mol. The second-order valence-electron chi connectivity index (χ2n) is 9.08. The van der Waals surface area contributed by atoms with Gasteiger partial charge in [-0.25, -0.2) is 9.78 Å². The normalized spacial score (nSPS) is 24.0. The maximum absolute atomic E-state index is 12.3. The average Bonchev–Trinajstić information content (AvgIpc) is 2.85. The number of anilines is 1. The SMILES string of the molecule is CC(C)(C)OC(=O)N1CCC2Nc3nc(C(C)(C)C)cn3CC2C1. The number of carbonyl (C=O) groups excluding carboxylic acids is 1. The minimum atomic E-state index is -0.447. The highest BCUT2D eigenvalue weighted by molar-refractivity contribution is 5.68. The highest BCUT2D eigenvalue weighted by atomic mass is 16.6. The summed E-state index contributed by atoms with van der Waals surface area (Å²) >= 11 is 0. The monoisotopic (exact) mass is 334 g/mol. The maximum atomic E-state index is 12.3. The van der Waals surface area contributed by atoms with Gasteiger partial charge in [-0.2, -0.15) is 0 Å². The van der Waals surface area contributed by atoms with Gasteiger partial charge in [0.05, 0.1) is 5.69 Å². The molecule has 2 unspecified atom stereocenters. The summed E-state index contributed by atoms with van der Waals surface area (Å²) in [5.41, 5.74) is 0.699. The Morgan fingerprint density at radius 1 is 1.25 bits per heavy atom. The van der Waals surface area contributed by atoms with E-state index >= 15 is 0 Å². The van der Waals surface area contributed by atoms with E-state index in [0.29, 0.717) is 12.0 Å². The molecule has 6 heteroatoms. The fraction of sp³-hybridized carbons (Fsp3) is 0.778. The van der Waals surface area contributed by atoms with Gasteiger partial charge >= 0.3 is 6.09 Å². The number of carbonyl (C=O) groups is 1. The Hall–Kier alpha value is -1.72. The number of piperidine rings is 1. The molecule has 2 aliphatic heterocycles. The van der Waals surface area contributed by atoms with Crippen LogP contribution in [-0.2, 0) is 16.7 Å².